The maximum atomic E-state index is 13.6. The lowest BCUT2D eigenvalue weighted by molar-refractivity contribution is -0.156. The van der Waals surface area contributed by atoms with E-state index in [9.17, 15) is 24.6 Å². The Morgan fingerprint density at radius 1 is 0.714 bits per heavy atom. The van der Waals surface area contributed by atoms with Crippen molar-refractivity contribution in [2.75, 3.05) is 0 Å². The molecule has 0 aromatic heterocycles. The zero-order chi connectivity index (χ0) is 20.3. The van der Waals surface area contributed by atoms with Gasteiger partial charge in [0, 0.05) is 0 Å². The zero-order valence-corrected chi connectivity index (χ0v) is 15.5. The molecule has 0 aliphatic heterocycles. The zero-order valence-electron chi connectivity index (χ0n) is 15.5. The van der Waals surface area contributed by atoms with Crippen molar-refractivity contribution in [3.8, 4) is 0 Å². The second-order valence-corrected chi connectivity index (χ2v) is 7.85. The molecule has 4 atom stereocenters. The van der Waals surface area contributed by atoms with Gasteiger partial charge in [-0.2, -0.15) is 0 Å². The van der Waals surface area contributed by atoms with Gasteiger partial charge in [-0.05, 0) is 36.1 Å². The number of carbonyl (C=O) groups is 3. The number of carboxylic acids is 2. The highest BCUT2D eigenvalue weighted by Gasteiger charge is 2.75. The molecule has 0 spiro atoms. The van der Waals surface area contributed by atoms with Crippen LogP contribution in [0.4, 0.5) is 0 Å². The van der Waals surface area contributed by atoms with Gasteiger partial charge in [-0.25, -0.2) is 0 Å². The molecule has 2 bridgehead atoms. The van der Waals surface area contributed by atoms with Gasteiger partial charge in [0.25, 0.3) is 0 Å². The van der Waals surface area contributed by atoms with Crippen molar-refractivity contribution in [2.45, 2.75) is 13.8 Å². The van der Waals surface area contributed by atoms with Crippen molar-refractivity contribution in [1.82, 2.24) is 0 Å². The average molecular weight is 376 g/mol. The lowest BCUT2D eigenvalue weighted by Gasteiger charge is -2.37. The van der Waals surface area contributed by atoms with Crippen molar-refractivity contribution in [3.63, 3.8) is 0 Å². The third-order valence-electron chi connectivity index (χ3n) is 6.47. The molecule has 0 amide bonds. The highest BCUT2D eigenvalue weighted by atomic mass is 16.4. The van der Waals surface area contributed by atoms with Crippen LogP contribution in [0.3, 0.4) is 0 Å². The van der Waals surface area contributed by atoms with Crippen LogP contribution in [0, 0.1) is 22.7 Å². The van der Waals surface area contributed by atoms with Gasteiger partial charge in [0.2, 0.25) is 0 Å². The summed E-state index contributed by atoms with van der Waals surface area (Å²) >= 11 is 0. The number of Topliss-reactive ketones (excluding diaryl/α,β-unsaturated/α-hetero) is 1. The average Bonchev–Trinajstić information content (AvgIpc) is 2.97. The second-order valence-electron chi connectivity index (χ2n) is 7.85. The van der Waals surface area contributed by atoms with Gasteiger partial charge in [-0.1, -0.05) is 60.7 Å². The van der Waals surface area contributed by atoms with Crippen molar-refractivity contribution >= 4 is 28.9 Å². The van der Waals surface area contributed by atoms with Crippen molar-refractivity contribution in [2.24, 2.45) is 22.7 Å². The van der Waals surface area contributed by atoms with Crippen molar-refractivity contribution in [1.29, 1.82) is 0 Å². The summed E-state index contributed by atoms with van der Waals surface area (Å²) in [5.41, 5.74) is -0.104. The third kappa shape index (κ3) is 2.04. The molecule has 28 heavy (non-hydrogen) atoms. The molecule has 0 saturated heterocycles. The Bertz CT molecular complexity index is 942. The molecule has 1 saturated carbocycles. The highest BCUT2D eigenvalue weighted by molar-refractivity contribution is 6.26. The molecule has 2 aromatic rings. The van der Waals surface area contributed by atoms with E-state index >= 15 is 0 Å². The fourth-order valence-corrected chi connectivity index (χ4v) is 5.42. The number of carbonyl (C=O) groups excluding carboxylic acids is 1. The quantitative estimate of drug-likeness (QED) is 0.851. The molecule has 4 rings (SSSR count). The van der Waals surface area contributed by atoms with Gasteiger partial charge in [-0.3, -0.25) is 14.4 Å². The van der Waals surface area contributed by atoms with Gasteiger partial charge < -0.3 is 10.2 Å². The summed E-state index contributed by atoms with van der Waals surface area (Å²) < 4.78 is 0. The molecule has 2 aromatic carbocycles. The minimum atomic E-state index is -1.42. The van der Waals surface area contributed by atoms with Crippen LogP contribution in [0.25, 0.3) is 11.1 Å². The van der Waals surface area contributed by atoms with Crippen LogP contribution in [0.5, 0.6) is 0 Å². The highest BCUT2D eigenvalue weighted by Crippen LogP contribution is 2.71. The number of rotatable bonds is 4. The number of benzene rings is 2. The summed E-state index contributed by atoms with van der Waals surface area (Å²) in [5, 5.41) is 19.9. The lowest BCUT2D eigenvalue weighted by Crippen LogP contribution is -2.42. The molecule has 5 nitrogen and oxygen atoms in total. The normalized spacial score (nSPS) is 31.3. The molecule has 2 aliphatic carbocycles. The van der Waals surface area contributed by atoms with E-state index in [1.807, 2.05) is 60.7 Å². The van der Waals surface area contributed by atoms with E-state index in [2.05, 4.69) is 0 Å². The van der Waals surface area contributed by atoms with Crippen LogP contribution in [0.2, 0.25) is 0 Å². The van der Waals surface area contributed by atoms with E-state index in [1.54, 1.807) is 13.8 Å². The summed E-state index contributed by atoms with van der Waals surface area (Å²) in [5.74, 6) is -5.51. The van der Waals surface area contributed by atoms with E-state index in [4.69, 9.17) is 0 Å². The number of hydrogen-bond acceptors (Lipinski definition) is 3. The van der Waals surface area contributed by atoms with Gasteiger partial charge in [0.15, 0.2) is 5.78 Å². The SMILES string of the molecule is C[C@@]12C(=O)[C@](C)(C(c3ccccc3)=C1c1ccccc1)[C@@H](C(=O)O)[C@@H]2C(=O)O. The van der Waals surface area contributed by atoms with Gasteiger partial charge >= 0.3 is 11.9 Å². The van der Waals surface area contributed by atoms with E-state index in [0.717, 1.165) is 11.1 Å². The predicted molar refractivity (Wildman–Crippen MR) is 103 cm³/mol. The van der Waals surface area contributed by atoms with Crippen molar-refractivity contribution in [3.05, 3.63) is 71.8 Å². The van der Waals surface area contributed by atoms with E-state index in [-0.39, 0.29) is 5.78 Å². The van der Waals surface area contributed by atoms with Crippen LogP contribution in [-0.4, -0.2) is 27.9 Å². The summed E-state index contributed by atoms with van der Waals surface area (Å²) in [6.07, 6.45) is 0. The monoisotopic (exact) mass is 376 g/mol. The van der Waals surface area contributed by atoms with Crippen molar-refractivity contribution < 1.29 is 24.6 Å². The molecular formula is C23H20O5. The van der Waals surface area contributed by atoms with Crippen LogP contribution >= 0.6 is 0 Å². The number of carboxylic acid groups (broad SMARTS) is 2. The fraction of sp³-hybridized carbons (Fsp3) is 0.261. The van der Waals surface area contributed by atoms with Crippen LogP contribution in [-0.2, 0) is 14.4 Å². The Kier molecular flexibility index (Phi) is 3.82. The minimum absolute atomic E-state index is 0.336. The molecule has 1 fully saturated rings. The van der Waals surface area contributed by atoms with E-state index in [1.165, 1.54) is 0 Å². The van der Waals surface area contributed by atoms with E-state index in [0.29, 0.717) is 11.1 Å². The first-order chi connectivity index (χ1) is 13.3. The number of fused-ring (bicyclic) bond motifs is 2. The Morgan fingerprint density at radius 3 is 1.32 bits per heavy atom. The maximum absolute atomic E-state index is 13.6. The minimum Gasteiger partial charge on any atom is -0.481 e. The lowest BCUT2D eigenvalue weighted by atomic mass is 9.62. The second kappa shape index (κ2) is 5.89. The van der Waals surface area contributed by atoms with Gasteiger partial charge in [0.1, 0.15) is 0 Å². The predicted octanol–water partition coefficient (Wildman–Crippen LogP) is 3.61. The summed E-state index contributed by atoms with van der Waals surface area (Å²) in [6, 6.07) is 18.4. The van der Waals surface area contributed by atoms with Crippen LogP contribution < -0.4 is 0 Å². The molecule has 0 unspecified atom stereocenters. The largest absolute Gasteiger partial charge is 0.481 e. The standard InChI is InChI=1S/C23H20O5/c1-22-15(13-9-5-3-6-10-13)16(14-11-7-4-8-12-14)23(2,21(22)28)18(20(26)27)17(22)19(24)25/h3-12,17-18H,1-2H3,(H,24,25)(H,26,27)/t17-,18-,22-,23-/m1/s1. The van der Waals surface area contributed by atoms with E-state index < -0.39 is 34.6 Å². The fourth-order valence-electron chi connectivity index (χ4n) is 5.42. The summed E-state index contributed by atoms with van der Waals surface area (Å²) in [7, 11) is 0. The number of aliphatic carboxylic acids is 2. The molecule has 2 N–H and O–H groups in total. The van der Waals surface area contributed by atoms with Gasteiger partial charge in [-0.15, -0.1) is 0 Å². The first kappa shape index (κ1) is 18.2. The Labute approximate surface area is 162 Å². The third-order valence-corrected chi connectivity index (χ3v) is 6.47. The smallest absolute Gasteiger partial charge is 0.308 e. The molecule has 5 heteroatoms. The van der Waals surface area contributed by atoms with Gasteiger partial charge in [0.05, 0.1) is 22.7 Å². The molecular weight excluding hydrogens is 356 g/mol. The molecule has 0 radical (unpaired) electrons. The van der Waals surface area contributed by atoms with Crippen LogP contribution in [0.1, 0.15) is 25.0 Å². The first-order valence-electron chi connectivity index (χ1n) is 9.12. The summed E-state index contributed by atoms with van der Waals surface area (Å²) in [4.78, 5) is 38.0. The van der Waals surface area contributed by atoms with Crippen LogP contribution in [0.15, 0.2) is 60.7 Å². The molecule has 2 aliphatic rings. The first-order valence-corrected chi connectivity index (χ1v) is 9.12. The Morgan fingerprint density at radius 2 is 1.04 bits per heavy atom. The Balaban J connectivity index is 2.15. The number of hydrogen-bond donors (Lipinski definition) is 2. The molecule has 142 valence electrons. The number of allylic oxidation sites excluding steroid dienone is 2. The molecule has 0 heterocycles. The Hall–Kier alpha value is -3.21. The number of ketones is 1. The topological polar surface area (TPSA) is 91.7 Å². The summed E-state index contributed by atoms with van der Waals surface area (Å²) in [6.45, 7) is 3.18. The maximum Gasteiger partial charge on any atom is 0.308 e.